The number of amides is 2. The lowest BCUT2D eigenvalue weighted by Crippen LogP contribution is -2.63. The molecule has 1 aliphatic heterocycles. The van der Waals surface area contributed by atoms with E-state index in [0.717, 1.165) is 11.1 Å². The highest BCUT2D eigenvalue weighted by molar-refractivity contribution is 7.98. The molecular formula is C36H48N6O6S. The standard InChI is InChI=1S/C36H48N6O6S/c1-9-28-29(19-37)31(40-32(30(28)20-38)49-22-26-13-11-25(12-14-26)21-39-24(5)43)42-17-15-27(16-18-42)47-36(23(3)4,33(44)46-10-2)41-34(45)48-35(6,7)8/h11-14,23,27H,9-10,15-18,21-22H2,1-8H3,(H,39,43)(H,41,45)/t36-/m0/s1. The molecule has 1 fully saturated rings. The maximum Gasteiger partial charge on any atom is 0.410 e. The Morgan fingerprint density at radius 3 is 2.16 bits per heavy atom. The number of aromatic nitrogens is 1. The van der Waals surface area contributed by atoms with Crippen LogP contribution in [0.5, 0.6) is 0 Å². The minimum atomic E-state index is -1.77. The molecule has 12 nitrogen and oxygen atoms in total. The Morgan fingerprint density at radius 2 is 1.65 bits per heavy atom. The third-order valence-electron chi connectivity index (χ3n) is 7.94. The number of nitrogens with one attached hydrogen (secondary N) is 2. The van der Waals surface area contributed by atoms with Gasteiger partial charge in [-0.15, -0.1) is 11.8 Å². The Labute approximate surface area is 293 Å². The van der Waals surface area contributed by atoms with Crippen LogP contribution in [0.1, 0.15) is 96.0 Å². The third kappa shape index (κ3) is 10.3. The fraction of sp³-hybridized carbons (Fsp3) is 0.556. The van der Waals surface area contributed by atoms with Crippen molar-refractivity contribution >= 4 is 35.5 Å². The van der Waals surface area contributed by atoms with Crippen LogP contribution in [0.25, 0.3) is 0 Å². The van der Waals surface area contributed by atoms with E-state index in [4.69, 9.17) is 19.2 Å². The Hall–Kier alpha value is -4.33. The number of alkyl carbamates (subject to hydrolysis) is 1. The van der Waals surface area contributed by atoms with E-state index >= 15 is 0 Å². The molecule has 49 heavy (non-hydrogen) atoms. The highest BCUT2D eigenvalue weighted by Crippen LogP contribution is 2.35. The zero-order valence-electron chi connectivity index (χ0n) is 29.8. The zero-order chi connectivity index (χ0) is 36.4. The molecule has 2 amide bonds. The lowest BCUT2D eigenvalue weighted by molar-refractivity contribution is -0.197. The molecule has 1 saturated heterocycles. The largest absolute Gasteiger partial charge is 0.462 e. The van der Waals surface area contributed by atoms with Gasteiger partial charge >= 0.3 is 12.1 Å². The summed E-state index contributed by atoms with van der Waals surface area (Å²) in [5, 5.41) is 26.4. The lowest BCUT2D eigenvalue weighted by Gasteiger charge is -2.41. The van der Waals surface area contributed by atoms with Crippen LogP contribution in [-0.4, -0.2) is 60.1 Å². The van der Waals surface area contributed by atoms with Crippen molar-refractivity contribution in [3.8, 4) is 12.1 Å². The van der Waals surface area contributed by atoms with Crippen molar-refractivity contribution in [1.82, 2.24) is 15.6 Å². The number of rotatable bonds is 13. The zero-order valence-corrected chi connectivity index (χ0v) is 30.6. The number of carbonyl (C=O) groups excluding carboxylic acids is 3. The summed E-state index contributed by atoms with van der Waals surface area (Å²) in [6.45, 7) is 15.3. The number of benzene rings is 1. The summed E-state index contributed by atoms with van der Waals surface area (Å²) in [7, 11) is 0. The van der Waals surface area contributed by atoms with E-state index in [1.807, 2.05) is 36.1 Å². The number of nitrogens with zero attached hydrogens (tertiary/aromatic N) is 4. The van der Waals surface area contributed by atoms with Crippen molar-refractivity contribution in [2.75, 3.05) is 24.6 Å². The van der Waals surface area contributed by atoms with Gasteiger partial charge in [0.05, 0.1) is 23.8 Å². The Balaban J connectivity index is 1.84. The summed E-state index contributed by atoms with van der Waals surface area (Å²) in [5.74, 6) is -0.205. The first kappa shape index (κ1) is 39.1. The van der Waals surface area contributed by atoms with Gasteiger partial charge in [-0.1, -0.05) is 45.0 Å². The van der Waals surface area contributed by atoms with Gasteiger partial charge in [-0.2, -0.15) is 10.5 Å². The van der Waals surface area contributed by atoms with Crippen LogP contribution in [0.3, 0.4) is 0 Å². The van der Waals surface area contributed by atoms with Gasteiger partial charge in [0.2, 0.25) is 11.6 Å². The highest BCUT2D eigenvalue weighted by Gasteiger charge is 2.49. The van der Waals surface area contributed by atoms with Crippen LogP contribution < -0.4 is 15.5 Å². The highest BCUT2D eigenvalue weighted by atomic mass is 32.2. The molecule has 0 saturated carbocycles. The Kier molecular flexibility index (Phi) is 13.9. The molecule has 2 aromatic rings. The van der Waals surface area contributed by atoms with Crippen LogP contribution in [0.2, 0.25) is 0 Å². The summed E-state index contributed by atoms with van der Waals surface area (Å²) in [4.78, 5) is 44.4. The molecule has 0 aliphatic carbocycles. The summed E-state index contributed by atoms with van der Waals surface area (Å²) in [5.41, 5.74) is 0.889. The average molecular weight is 693 g/mol. The number of ether oxygens (including phenoxy) is 3. The molecule has 0 radical (unpaired) electrons. The third-order valence-corrected chi connectivity index (χ3v) is 8.98. The van der Waals surface area contributed by atoms with Gasteiger partial charge in [0.25, 0.3) is 0 Å². The maximum absolute atomic E-state index is 13.3. The number of nitriles is 2. The first-order valence-electron chi connectivity index (χ1n) is 16.6. The molecule has 0 unspecified atom stereocenters. The van der Waals surface area contributed by atoms with E-state index in [1.54, 1.807) is 41.5 Å². The fourth-order valence-electron chi connectivity index (χ4n) is 5.43. The SMILES string of the molecule is CCOC(=O)[C@@](NC(=O)OC(C)(C)C)(OC1CCN(c2nc(SCc3ccc(CNC(C)=O)cc3)c(C#N)c(CC)c2C#N)CC1)C(C)C. The van der Waals surface area contributed by atoms with E-state index in [2.05, 4.69) is 22.8 Å². The normalized spacial score (nSPS) is 14.7. The van der Waals surface area contributed by atoms with Gasteiger partial charge in [-0.3, -0.25) is 10.1 Å². The molecule has 1 aromatic carbocycles. The predicted molar refractivity (Wildman–Crippen MR) is 186 cm³/mol. The topological polar surface area (TPSA) is 167 Å². The van der Waals surface area contributed by atoms with Crippen molar-refractivity contribution in [2.45, 2.75) is 109 Å². The van der Waals surface area contributed by atoms with Crippen LogP contribution in [0.4, 0.5) is 10.6 Å². The van der Waals surface area contributed by atoms with E-state index in [9.17, 15) is 24.9 Å². The molecule has 1 atom stereocenters. The summed E-state index contributed by atoms with van der Waals surface area (Å²) in [6.07, 6.45) is 0.232. The quantitative estimate of drug-likeness (QED) is 0.149. The van der Waals surface area contributed by atoms with Crippen molar-refractivity contribution in [3.63, 3.8) is 0 Å². The first-order chi connectivity index (χ1) is 23.2. The van der Waals surface area contributed by atoms with Crippen molar-refractivity contribution in [1.29, 1.82) is 10.5 Å². The minimum Gasteiger partial charge on any atom is -0.462 e. The molecule has 0 bridgehead atoms. The van der Waals surface area contributed by atoms with Crippen molar-refractivity contribution in [2.24, 2.45) is 5.92 Å². The second kappa shape index (κ2) is 17.4. The maximum atomic E-state index is 13.3. The summed E-state index contributed by atoms with van der Waals surface area (Å²) in [6, 6.07) is 12.5. The molecule has 264 valence electrons. The van der Waals surface area contributed by atoms with Gasteiger partial charge in [-0.05, 0) is 63.6 Å². The predicted octanol–water partition coefficient (Wildman–Crippen LogP) is 5.74. The van der Waals surface area contributed by atoms with Crippen LogP contribution >= 0.6 is 11.8 Å². The van der Waals surface area contributed by atoms with Gasteiger partial charge < -0.3 is 24.4 Å². The molecule has 2 heterocycles. The van der Waals surface area contributed by atoms with Crippen LogP contribution in [-0.2, 0) is 42.5 Å². The van der Waals surface area contributed by atoms with Gasteiger partial charge in [0, 0.05) is 38.2 Å². The summed E-state index contributed by atoms with van der Waals surface area (Å²) >= 11 is 1.44. The fourth-order valence-corrected chi connectivity index (χ4v) is 6.39. The van der Waals surface area contributed by atoms with E-state index < -0.39 is 35.4 Å². The number of carbonyl (C=O) groups is 3. The molecule has 1 aliphatic rings. The molecular weight excluding hydrogens is 644 g/mol. The molecule has 13 heteroatoms. The van der Waals surface area contributed by atoms with Crippen molar-refractivity contribution in [3.05, 3.63) is 52.1 Å². The van der Waals surface area contributed by atoms with E-state index in [1.165, 1.54) is 18.7 Å². The van der Waals surface area contributed by atoms with Crippen LogP contribution in [0.15, 0.2) is 29.3 Å². The number of hydrogen-bond donors (Lipinski definition) is 2. The van der Waals surface area contributed by atoms with Gasteiger partial charge in [0.1, 0.15) is 28.6 Å². The minimum absolute atomic E-state index is 0.0922. The van der Waals surface area contributed by atoms with E-state index in [-0.39, 0.29) is 12.5 Å². The first-order valence-corrected chi connectivity index (χ1v) is 17.6. The second-order valence-corrected chi connectivity index (χ2v) is 14.1. The lowest BCUT2D eigenvalue weighted by atomic mass is 9.97. The van der Waals surface area contributed by atoms with Crippen molar-refractivity contribution < 1.29 is 28.6 Å². The van der Waals surface area contributed by atoms with E-state index in [0.29, 0.717) is 72.2 Å². The number of hydrogen-bond acceptors (Lipinski definition) is 11. The molecule has 0 spiro atoms. The Bertz CT molecular complexity index is 1570. The van der Waals surface area contributed by atoms with Gasteiger partial charge in [0.15, 0.2) is 0 Å². The smallest absolute Gasteiger partial charge is 0.410 e. The number of thioether (sulfide) groups is 1. The monoisotopic (exact) mass is 692 g/mol. The number of piperidine rings is 1. The second-order valence-electron chi connectivity index (χ2n) is 13.1. The van der Waals surface area contributed by atoms with Crippen LogP contribution in [0, 0.1) is 28.6 Å². The summed E-state index contributed by atoms with van der Waals surface area (Å²) < 4.78 is 17.3. The Morgan fingerprint density at radius 1 is 1.04 bits per heavy atom. The van der Waals surface area contributed by atoms with Gasteiger partial charge in [-0.25, -0.2) is 14.6 Å². The average Bonchev–Trinajstić information content (AvgIpc) is 3.05. The molecule has 2 N–H and O–H groups in total. The number of anilines is 1. The number of pyridine rings is 1. The molecule has 3 rings (SSSR count). The number of esters is 1. The molecule has 1 aromatic heterocycles.